The van der Waals surface area contributed by atoms with Gasteiger partial charge in [0.2, 0.25) is 0 Å². The van der Waals surface area contributed by atoms with Crippen LogP contribution in [0.15, 0.2) is 42.9 Å². The molecule has 3 aromatic rings. The topological polar surface area (TPSA) is 63.3 Å². The molecule has 0 radical (unpaired) electrons. The molecule has 1 N–H and O–H groups in total. The highest BCUT2D eigenvalue weighted by Crippen LogP contribution is 2.36. The van der Waals surface area contributed by atoms with Crippen molar-refractivity contribution in [2.75, 3.05) is 19.7 Å². The van der Waals surface area contributed by atoms with Crippen molar-refractivity contribution in [2.45, 2.75) is 51.7 Å². The molecule has 5 rings (SSSR count). The average molecular weight is 419 g/mol. The van der Waals surface area contributed by atoms with Gasteiger partial charge in [0, 0.05) is 59.2 Å². The summed E-state index contributed by atoms with van der Waals surface area (Å²) in [5.74, 6) is 2.56. The van der Waals surface area contributed by atoms with E-state index in [0.29, 0.717) is 12.5 Å². The molecule has 162 valence electrons. The molecule has 0 spiro atoms. The molecule has 1 fully saturated rings. The quantitative estimate of drug-likeness (QED) is 0.635. The van der Waals surface area contributed by atoms with Crippen LogP contribution in [0.5, 0.6) is 11.5 Å². The highest BCUT2D eigenvalue weighted by Gasteiger charge is 2.25. The van der Waals surface area contributed by atoms with Gasteiger partial charge in [0.25, 0.3) is 0 Å². The fourth-order valence-corrected chi connectivity index (χ4v) is 4.75. The highest BCUT2D eigenvalue weighted by molar-refractivity contribution is 5.60. The summed E-state index contributed by atoms with van der Waals surface area (Å²) in [6, 6.07) is 8.72. The van der Waals surface area contributed by atoms with Crippen molar-refractivity contribution in [1.82, 2.24) is 20.1 Å². The molecule has 0 bridgehead atoms. The maximum absolute atomic E-state index is 5.99. The summed E-state index contributed by atoms with van der Waals surface area (Å²) in [6.07, 6.45) is 9.16. The molecule has 31 heavy (non-hydrogen) atoms. The van der Waals surface area contributed by atoms with E-state index in [1.807, 2.05) is 25.5 Å². The minimum atomic E-state index is 0.253. The number of nitrogens with one attached hydrogen (secondary N) is 1. The van der Waals surface area contributed by atoms with Crippen LogP contribution >= 0.6 is 0 Å². The average Bonchev–Trinajstić information content (AvgIpc) is 3.44. The Balaban J connectivity index is 1.23. The molecule has 2 aliphatic rings. The van der Waals surface area contributed by atoms with Crippen molar-refractivity contribution in [3.05, 3.63) is 59.7 Å². The van der Waals surface area contributed by atoms with Crippen LogP contribution in [0.3, 0.4) is 0 Å². The van der Waals surface area contributed by atoms with Gasteiger partial charge in [0.05, 0.1) is 12.8 Å². The first-order chi connectivity index (χ1) is 15.2. The normalized spacial score (nSPS) is 19.2. The summed E-state index contributed by atoms with van der Waals surface area (Å²) >= 11 is 0. The second kappa shape index (κ2) is 8.71. The number of benzene rings is 1. The zero-order valence-corrected chi connectivity index (χ0v) is 18.3. The second-order valence-electron chi connectivity index (χ2n) is 8.64. The number of piperidine rings is 1. The summed E-state index contributed by atoms with van der Waals surface area (Å²) in [6.45, 7) is 7.89. The van der Waals surface area contributed by atoms with Gasteiger partial charge < -0.3 is 9.47 Å². The van der Waals surface area contributed by atoms with Crippen molar-refractivity contribution in [3.63, 3.8) is 0 Å². The predicted octanol–water partition coefficient (Wildman–Crippen LogP) is 4.57. The van der Waals surface area contributed by atoms with E-state index in [2.05, 4.69) is 46.3 Å². The molecule has 6 heteroatoms. The number of rotatable bonds is 6. The van der Waals surface area contributed by atoms with E-state index in [9.17, 15) is 0 Å². The van der Waals surface area contributed by atoms with Gasteiger partial charge in [-0.15, -0.1) is 0 Å². The third-order valence-corrected chi connectivity index (χ3v) is 6.40. The van der Waals surface area contributed by atoms with E-state index in [1.54, 1.807) is 0 Å². The van der Waals surface area contributed by atoms with E-state index in [4.69, 9.17) is 14.5 Å². The minimum absolute atomic E-state index is 0.253. The van der Waals surface area contributed by atoms with Crippen LogP contribution in [-0.2, 0) is 13.0 Å². The largest absolute Gasteiger partial charge is 0.494 e. The van der Waals surface area contributed by atoms with Crippen LogP contribution in [0.1, 0.15) is 49.4 Å². The molecule has 0 saturated carbocycles. The van der Waals surface area contributed by atoms with Gasteiger partial charge in [0.15, 0.2) is 0 Å². The Bertz CT molecular complexity index is 1010. The summed E-state index contributed by atoms with van der Waals surface area (Å²) in [5, 5.41) is 6.88. The number of hydrogen-bond acceptors (Lipinski definition) is 5. The lowest BCUT2D eigenvalue weighted by molar-refractivity contribution is 0.199. The summed E-state index contributed by atoms with van der Waals surface area (Å²) in [5.41, 5.74) is 5.87. The lowest BCUT2D eigenvalue weighted by Crippen LogP contribution is -2.32. The molecule has 4 heterocycles. The van der Waals surface area contributed by atoms with Crippen LogP contribution < -0.4 is 9.47 Å². The van der Waals surface area contributed by atoms with E-state index in [0.717, 1.165) is 61.5 Å². The smallest absolute Gasteiger partial charge is 0.124 e. The Labute approximate surface area is 183 Å². The monoisotopic (exact) mass is 418 g/mol. The number of likely N-dealkylation sites (tertiary alicyclic amines) is 1. The number of nitrogens with zero attached hydrogens (tertiary/aromatic N) is 3. The van der Waals surface area contributed by atoms with Gasteiger partial charge >= 0.3 is 0 Å². The summed E-state index contributed by atoms with van der Waals surface area (Å²) in [4.78, 5) is 7.28. The Kier molecular flexibility index (Phi) is 5.64. The Morgan fingerprint density at radius 2 is 2.03 bits per heavy atom. The SMILES string of the molecule is CCOc1cc2c(cc1CN1CCC(c3ccc(-c4cn[nH]c4)cn3)CC1)OC(C)C2. The molecule has 2 aromatic heterocycles. The number of H-pyrrole nitrogens is 1. The number of aromatic nitrogens is 3. The van der Waals surface area contributed by atoms with Gasteiger partial charge in [-0.05, 0) is 58.0 Å². The van der Waals surface area contributed by atoms with Gasteiger partial charge in [-0.2, -0.15) is 5.10 Å². The van der Waals surface area contributed by atoms with Crippen molar-refractivity contribution >= 4 is 0 Å². The summed E-state index contributed by atoms with van der Waals surface area (Å²) < 4.78 is 12.0. The molecule has 6 nitrogen and oxygen atoms in total. The number of aromatic amines is 1. The predicted molar refractivity (Wildman–Crippen MR) is 120 cm³/mol. The second-order valence-corrected chi connectivity index (χ2v) is 8.64. The van der Waals surface area contributed by atoms with Gasteiger partial charge in [-0.3, -0.25) is 15.0 Å². The third-order valence-electron chi connectivity index (χ3n) is 6.40. The van der Waals surface area contributed by atoms with Gasteiger partial charge in [-0.1, -0.05) is 6.07 Å². The number of hydrogen-bond donors (Lipinski definition) is 1. The first kappa shape index (κ1) is 20.1. The summed E-state index contributed by atoms with van der Waals surface area (Å²) in [7, 11) is 0. The van der Waals surface area contributed by atoms with Gasteiger partial charge in [-0.25, -0.2) is 0 Å². The van der Waals surface area contributed by atoms with Crippen LogP contribution in [0.2, 0.25) is 0 Å². The van der Waals surface area contributed by atoms with Crippen molar-refractivity contribution < 1.29 is 9.47 Å². The minimum Gasteiger partial charge on any atom is -0.494 e. The highest BCUT2D eigenvalue weighted by atomic mass is 16.5. The maximum Gasteiger partial charge on any atom is 0.124 e. The van der Waals surface area contributed by atoms with E-state index in [-0.39, 0.29) is 6.10 Å². The van der Waals surface area contributed by atoms with E-state index in [1.165, 1.54) is 16.8 Å². The molecular weight excluding hydrogens is 388 g/mol. The van der Waals surface area contributed by atoms with Crippen molar-refractivity contribution in [2.24, 2.45) is 0 Å². The standard InChI is InChI=1S/C25H30N4O2/c1-3-30-24-11-20-10-17(2)31-25(20)12-21(24)16-29-8-6-18(7-9-29)23-5-4-19(13-26-23)22-14-27-28-15-22/h4-5,11-15,17-18H,3,6-10,16H2,1-2H3,(H,27,28). The molecule has 0 amide bonds. The number of pyridine rings is 1. The Morgan fingerprint density at radius 3 is 2.74 bits per heavy atom. The van der Waals surface area contributed by atoms with E-state index < -0.39 is 0 Å². The maximum atomic E-state index is 5.99. The molecule has 1 aromatic carbocycles. The van der Waals surface area contributed by atoms with Crippen molar-refractivity contribution in [1.29, 1.82) is 0 Å². The molecule has 1 atom stereocenters. The first-order valence-corrected chi connectivity index (χ1v) is 11.3. The number of fused-ring (bicyclic) bond motifs is 1. The molecule has 1 saturated heterocycles. The third kappa shape index (κ3) is 4.30. The van der Waals surface area contributed by atoms with Crippen LogP contribution in [0.25, 0.3) is 11.1 Å². The molecule has 0 aliphatic carbocycles. The Morgan fingerprint density at radius 1 is 1.16 bits per heavy atom. The fraction of sp³-hybridized carbons (Fsp3) is 0.440. The molecule has 2 aliphatic heterocycles. The Hall–Kier alpha value is -2.86. The van der Waals surface area contributed by atoms with E-state index >= 15 is 0 Å². The van der Waals surface area contributed by atoms with Crippen molar-refractivity contribution in [3.8, 4) is 22.6 Å². The molecular formula is C25H30N4O2. The molecule has 1 unspecified atom stereocenters. The van der Waals surface area contributed by atoms with Gasteiger partial charge in [0.1, 0.15) is 17.6 Å². The lowest BCUT2D eigenvalue weighted by atomic mass is 9.92. The lowest BCUT2D eigenvalue weighted by Gasteiger charge is -2.32. The zero-order valence-electron chi connectivity index (χ0n) is 18.3. The number of ether oxygens (including phenoxy) is 2. The van der Waals surface area contributed by atoms with Crippen LogP contribution in [0.4, 0.5) is 0 Å². The van der Waals surface area contributed by atoms with Crippen LogP contribution in [0, 0.1) is 0 Å². The van der Waals surface area contributed by atoms with Crippen LogP contribution in [-0.4, -0.2) is 45.9 Å². The fourth-order valence-electron chi connectivity index (χ4n) is 4.75. The first-order valence-electron chi connectivity index (χ1n) is 11.3. The zero-order chi connectivity index (χ0) is 21.2.